The van der Waals surface area contributed by atoms with Crippen LogP contribution in [0.2, 0.25) is 0 Å². The summed E-state index contributed by atoms with van der Waals surface area (Å²) < 4.78 is 50.7. The van der Waals surface area contributed by atoms with E-state index in [4.69, 9.17) is 5.14 Å². The van der Waals surface area contributed by atoms with Crippen molar-refractivity contribution in [3.05, 3.63) is 36.3 Å². The molecule has 0 saturated heterocycles. The standard InChI is InChI=1S/C11H14N4O4S2/c1-8-13-11(7-15(8)2)21(18,19)14-9-4-3-5-10(6-9)20(12,16)17/h3-7,14H,1-2H3,(H2,12,16,17). The van der Waals surface area contributed by atoms with Crippen LogP contribution in [0.1, 0.15) is 5.82 Å². The van der Waals surface area contributed by atoms with Crippen molar-refractivity contribution in [3.63, 3.8) is 0 Å². The van der Waals surface area contributed by atoms with Gasteiger partial charge in [-0.25, -0.2) is 18.5 Å². The van der Waals surface area contributed by atoms with Gasteiger partial charge in [0.1, 0.15) is 5.82 Å². The number of nitrogens with zero attached hydrogens (tertiary/aromatic N) is 2. The first-order valence-corrected chi connectivity index (χ1v) is 8.78. The van der Waals surface area contributed by atoms with Crippen LogP contribution < -0.4 is 9.86 Å². The van der Waals surface area contributed by atoms with E-state index < -0.39 is 20.0 Å². The first kappa shape index (κ1) is 15.5. The Morgan fingerprint density at radius 2 is 1.90 bits per heavy atom. The smallest absolute Gasteiger partial charge is 0.280 e. The maximum absolute atomic E-state index is 12.2. The van der Waals surface area contributed by atoms with Gasteiger partial charge in [-0.3, -0.25) is 4.72 Å². The molecule has 0 unspecified atom stereocenters. The van der Waals surface area contributed by atoms with Crippen molar-refractivity contribution in [2.24, 2.45) is 12.2 Å². The Bertz CT molecular complexity index is 865. The molecule has 0 radical (unpaired) electrons. The van der Waals surface area contributed by atoms with Gasteiger partial charge in [0.05, 0.1) is 10.6 Å². The van der Waals surface area contributed by atoms with E-state index >= 15 is 0 Å². The van der Waals surface area contributed by atoms with E-state index in [1.54, 1.807) is 18.5 Å². The van der Waals surface area contributed by atoms with E-state index in [2.05, 4.69) is 9.71 Å². The Morgan fingerprint density at radius 3 is 2.43 bits per heavy atom. The Hall–Kier alpha value is -1.91. The van der Waals surface area contributed by atoms with Crippen LogP contribution in [0.25, 0.3) is 0 Å². The van der Waals surface area contributed by atoms with Gasteiger partial charge < -0.3 is 4.57 Å². The van der Waals surface area contributed by atoms with Gasteiger partial charge in [-0.1, -0.05) is 6.07 Å². The maximum atomic E-state index is 12.2. The molecule has 3 N–H and O–H groups in total. The molecule has 1 aromatic heterocycles. The van der Waals surface area contributed by atoms with Crippen LogP contribution in [0.3, 0.4) is 0 Å². The van der Waals surface area contributed by atoms with Gasteiger partial charge >= 0.3 is 0 Å². The number of nitrogens with two attached hydrogens (primary N) is 1. The van der Waals surface area contributed by atoms with Crippen molar-refractivity contribution in [1.29, 1.82) is 0 Å². The van der Waals surface area contributed by atoms with Crippen LogP contribution in [0.15, 0.2) is 40.4 Å². The van der Waals surface area contributed by atoms with Crippen molar-refractivity contribution in [1.82, 2.24) is 9.55 Å². The molecule has 0 fully saturated rings. The third-order valence-corrected chi connectivity index (χ3v) is 4.94. The first-order valence-electron chi connectivity index (χ1n) is 5.75. The summed E-state index contributed by atoms with van der Waals surface area (Å²) in [5.74, 6) is 0.536. The average Bonchev–Trinajstić information content (AvgIpc) is 2.69. The lowest BCUT2D eigenvalue weighted by atomic mass is 10.3. The number of rotatable bonds is 4. The third-order valence-electron chi connectivity index (χ3n) is 2.78. The highest BCUT2D eigenvalue weighted by Gasteiger charge is 2.19. The van der Waals surface area contributed by atoms with Crippen molar-refractivity contribution >= 4 is 25.7 Å². The summed E-state index contributed by atoms with van der Waals surface area (Å²) in [5, 5.41) is 4.85. The molecular weight excluding hydrogens is 316 g/mol. The molecule has 8 nitrogen and oxygen atoms in total. The average molecular weight is 330 g/mol. The van der Waals surface area contributed by atoms with E-state index in [0.29, 0.717) is 5.82 Å². The summed E-state index contributed by atoms with van der Waals surface area (Å²) in [5.41, 5.74) is 0.0878. The molecule has 0 amide bonds. The Labute approximate surface area is 122 Å². The van der Waals surface area contributed by atoms with Crippen molar-refractivity contribution in [2.45, 2.75) is 16.8 Å². The van der Waals surface area contributed by atoms with Crippen molar-refractivity contribution in [3.8, 4) is 0 Å². The van der Waals surface area contributed by atoms with Gasteiger partial charge in [0.25, 0.3) is 10.0 Å². The van der Waals surface area contributed by atoms with E-state index in [9.17, 15) is 16.8 Å². The van der Waals surface area contributed by atoms with Gasteiger partial charge in [-0.2, -0.15) is 8.42 Å². The minimum atomic E-state index is -3.90. The molecule has 0 aliphatic heterocycles. The Balaban J connectivity index is 2.37. The predicted molar refractivity (Wildman–Crippen MR) is 76.6 cm³/mol. The third kappa shape index (κ3) is 3.40. The van der Waals surface area contributed by atoms with Crippen LogP contribution >= 0.6 is 0 Å². The monoisotopic (exact) mass is 330 g/mol. The van der Waals surface area contributed by atoms with Crippen molar-refractivity contribution < 1.29 is 16.8 Å². The molecular formula is C11H14N4O4S2. The van der Waals surface area contributed by atoms with E-state index in [1.807, 2.05) is 0 Å². The molecule has 0 saturated carbocycles. The highest BCUT2D eigenvalue weighted by molar-refractivity contribution is 7.92. The first-order chi connectivity index (χ1) is 9.59. The number of imidazole rings is 1. The Kier molecular flexibility index (Phi) is 3.78. The number of nitrogens with one attached hydrogen (secondary N) is 1. The molecule has 0 atom stereocenters. The zero-order chi connectivity index (χ0) is 15.8. The van der Waals surface area contributed by atoms with E-state index in [1.165, 1.54) is 24.4 Å². The molecule has 2 aromatic rings. The molecule has 21 heavy (non-hydrogen) atoms. The lowest BCUT2D eigenvalue weighted by Crippen LogP contribution is -2.15. The number of hydrogen-bond donors (Lipinski definition) is 2. The summed E-state index contributed by atoms with van der Waals surface area (Å²) in [6.45, 7) is 1.67. The molecule has 114 valence electrons. The van der Waals surface area contributed by atoms with E-state index in [-0.39, 0.29) is 15.6 Å². The lowest BCUT2D eigenvalue weighted by Gasteiger charge is -2.07. The minimum absolute atomic E-state index is 0.0878. The predicted octanol–water partition coefficient (Wildman–Crippen LogP) is 0.177. The molecule has 2 rings (SSSR count). The number of benzene rings is 1. The second-order valence-corrected chi connectivity index (χ2v) is 7.61. The largest absolute Gasteiger partial charge is 0.337 e. The van der Waals surface area contributed by atoms with Gasteiger partial charge in [0, 0.05) is 13.2 Å². The second-order valence-electron chi connectivity index (χ2n) is 4.42. The number of hydrogen-bond acceptors (Lipinski definition) is 5. The fourth-order valence-corrected chi connectivity index (χ4v) is 3.25. The molecule has 0 aliphatic carbocycles. The van der Waals surface area contributed by atoms with Crippen molar-refractivity contribution in [2.75, 3.05) is 4.72 Å². The van der Waals surface area contributed by atoms with Gasteiger partial charge in [0.15, 0.2) is 5.03 Å². The zero-order valence-electron chi connectivity index (χ0n) is 11.3. The number of anilines is 1. The van der Waals surface area contributed by atoms with Crippen LogP contribution in [-0.4, -0.2) is 26.4 Å². The molecule has 10 heteroatoms. The quantitative estimate of drug-likeness (QED) is 0.827. The Morgan fingerprint density at radius 1 is 1.24 bits per heavy atom. The lowest BCUT2D eigenvalue weighted by molar-refractivity contribution is 0.595. The zero-order valence-corrected chi connectivity index (χ0v) is 12.9. The number of aromatic nitrogens is 2. The topological polar surface area (TPSA) is 124 Å². The van der Waals surface area contributed by atoms with Crippen LogP contribution in [0, 0.1) is 6.92 Å². The van der Waals surface area contributed by atoms with Gasteiger partial charge in [0.2, 0.25) is 10.0 Å². The minimum Gasteiger partial charge on any atom is -0.337 e. The second kappa shape index (κ2) is 5.13. The number of aryl methyl sites for hydroxylation is 2. The maximum Gasteiger partial charge on any atom is 0.280 e. The molecule has 0 bridgehead atoms. The SMILES string of the molecule is Cc1nc(S(=O)(=O)Nc2cccc(S(N)(=O)=O)c2)cn1C. The highest BCUT2D eigenvalue weighted by atomic mass is 32.2. The van der Waals surface area contributed by atoms with E-state index in [0.717, 1.165) is 6.07 Å². The molecule has 0 aliphatic rings. The fraction of sp³-hybridized carbons (Fsp3) is 0.182. The van der Waals surface area contributed by atoms with Gasteiger partial charge in [-0.05, 0) is 25.1 Å². The summed E-state index contributed by atoms with van der Waals surface area (Å²) in [4.78, 5) is 3.74. The van der Waals surface area contributed by atoms with Gasteiger partial charge in [-0.15, -0.1) is 0 Å². The fourth-order valence-electron chi connectivity index (χ4n) is 1.60. The number of sulfonamides is 2. The summed E-state index contributed by atoms with van der Waals surface area (Å²) in [6.07, 6.45) is 1.36. The van der Waals surface area contributed by atoms with Crippen LogP contribution in [0.5, 0.6) is 0 Å². The molecule has 0 spiro atoms. The summed E-state index contributed by atoms with van der Waals surface area (Å²) in [6, 6.07) is 5.23. The summed E-state index contributed by atoms with van der Waals surface area (Å²) in [7, 11) is -6.13. The molecule has 1 heterocycles. The molecule has 1 aromatic carbocycles. The van der Waals surface area contributed by atoms with Crippen LogP contribution in [-0.2, 0) is 27.1 Å². The normalized spacial score (nSPS) is 12.3. The van der Waals surface area contributed by atoms with Crippen LogP contribution in [0.4, 0.5) is 5.69 Å². The summed E-state index contributed by atoms with van der Waals surface area (Å²) >= 11 is 0. The number of primary sulfonamides is 1. The highest BCUT2D eigenvalue weighted by Crippen LogP contribution is 2.18.